The second-order valence-electron chi connectivity index (χ2n) is 7.46. The maximum absolute atomic E-state index is 14.3. The van der Waals surface area contributed by atoms with E-state index < -0.39 is 46.4 Å². The van der Waals surface area contributed by atoms with Crippen LogP contribution in [0.15, 0.2) is 41.2 Å². The zero-order valence-corrected chi connectivity index (χ0v) is 17.0. The van der Waals surface area contributed by atoms with E-state index in [0.29, 0.717) is 11.3 Å². The highest BCUT2D eigenvalue weighted by Crippen LogP contribution is 2.40. The maximum atomic E-state index is 14.3. The van der Waals surface area contributed by atoms with Gasteiger partial charge in [-0.3, -0.25) is 9.36 Å². The fraction of sp³-hybridized carbons (Fsp3) is 0.273. The Morgan fingerprint density at radius 2 is 1.88 bits per heavy atom. The molecular weight excluding hydrogens is 432 g/mol. The molecule has 32 heavy (non-hydrogen) atoms. The molecule has 0 saturated carbocycles. The molecule has 0 bridgehead atoms. The number of alkyl halides is 3. The van der Waals surface area contributed by atoms with Crippen LogP contribution in [0.2, 0.25) is 0 Å². The number of hydrogen-bond acceptors (Lipinski definition) is 5. The number of likely N-dealkylation sites (N-methyl/N-ethyl adjacent to an activating group) is 1. The summed E-state index contributed by atoms with van der Waals surface area (Å²) in [5.41, 5.74) is -1.53. The molecule has 0 fully saturated rings. The molecule has 6 nitrogen and oxygen atoms in total. The maximum Gasteiger partial charge on any atom is 0.416 e. The molecule has 2 heterocycles. The molecular formula is C22H18F4N2O4. The van der Waals surface area contributed by atoms with Gasteiger partial charge in [0.05, 0.1) is 29.4 Å². The molecule has 0 spiro atoms. The molecule has 0 radical (unpaired) electrons. The summed E-state index contributed by atoms with van der Waals surface area (Å²) in [5, 5.41) is 10.6. The Morgan fingerprint density at radius 3 is 2.47 bits per heavy atom. The number of anilines is 1. The van der Waals surface area contributed by atoms with E-state index in [9.17, 15) is 32.3 Å². The molecule has 3 aromatic rings. The van der Waals surface area contributed by atoms with Crippen LogP contribution in [0.4, 0.5) is 23.2 Å². The molecule has 1 atom stereocenters. The summed E-state index contributed by atoms with van der Waals surface area (Å²) in [5.74, 6) is -2.47. The minimum atomic E-state index is -4.52. The highest BCUT2D eigenvalue weighted by atomic mass is 19.4. The fourth-order valence-corrected chi connectivity index (χ4v) is 4.04. The minimum absolute atomic E-state index is 0.0603. The second kappa shape index (κ2) is 7.54. The van der Waals surface area contributed by atoms with Crippen LogP contribution in [0.3, 0.4) is 0 Å². The predicted molar refractivity (Wildman–Crippen MR) is 109 cm³/mol. The topological polar surface area (TPSA) is 71.8 Å². The van der Waals surface area contributed by atoms with Crippen molar-refractivity contribution in [2.24, 2.45) is 0 Å². The van der Waals surface area contributed by atoms with E-state index in [-0.39, 0.29) is 24.1 Å². The number of carbonyl (C=O) groups is 1. The first-order valence-electron chi connectivity index (χ1n) is 9.70. The van der Waals surface area contributed by atoms with Gasteiger partial charge in [-0.1, -0.05) is 12.1 Å². The lowest BCUT2D eigenvalue weighted by atomic mass is 9.98. The molecule has 0 aliphatic carbocycles. The molecule has 1 aliphatic rings. The van der Waals surface area contributed by atoms with Gasteiger partial charge in [0.25, 0.3) is 5.56 Å². The van der Waals surface area contributed by atoms with E-state index in [1.165, 1.54) is 29.7 Å². The number of rotatable bonds is 3. The van der Waals surface area contributed by atoms with Crippen molar-refractivity contribution in [3.63, 3.8) is 0 Å². The number of carbonyl (C=O) groups excluding carboxylic acids is 1. The van der Waals surface area contributed by atoms with Crippen LogP contribution >= 0.6 is 0 Å². The van der Waals surface area contributed by atoms with Gasteiger partial charge in [0.15, 0.2) is 5.56 Å². The number of halogens is 4. The molecule has 1 N–H and O–H groups in total. The average Bonchev–Trinajstić information content (AvgIpc) is 2.72. The summed E-state index contributed by atoms with van der Waals surface area (Å²) < 4.78 is 59.4. The minimum Gasteiger partial charge on any atom is -0.506 e. The largest absolute Gasteiger partial charge is 0.506 e. The molecule has 4 rings (SSSR count). The molecule has 168 valence electrons. The first kappa shape index (κ1) is 21.7. The number of benzene rings is 2. The molecule has 0 amide bonds. The third-order valence-corrected chi connectivity index (χ3v) is 5.49. The highest BCUT2D eigenvalue weighted by Gasteiger charge is 2.34. The van der Waals surface area contributed by atoms with E-state index in [0.717, 1.165) is 18.2 Å². The smallest absolute Gasteiger partial charge is 0.416 e. The molecule has 10 heteroatoms. The van der Waals surface area contributed by atoms with Crippen molar-refractivity contribution in [2.45, 2.75) is 19.1 Å². The average molecular weight is 450 g/mol. The molecule has 1 unspecified atom stereocenters. The fourth-order valence-electron chi connectivity index (χ4n) is 4.04. The SMILES string of the molecule is CCOC(=O)c1c(O)c2cc(F)cc3c2n(c1=O)C(c1ccc(C(F)(F)F)cc1)CN3C. The van der Waals surface area contributed by atoms with E-state index >= 15 is 0 Å². The Hall–Kier alpha value is -3.56. The Labute approximate surface area is 179 Å². The zero-order valence-electron chi connectivity index (χ0n) is 17.0. The molecule has 2 aromatic carbocycles. The Bertz CT molecular complexity index is 1280. The van der Waals surface area contributed by atoms with Gasteiger partial charge in [-0.15, -0.1) is 0 Å². The van der Waals surface area contributed by atoms with Crippen LogP contribution in [0, 0.1) is 5.82 Å². The Kier molecular flexibility index (Phi) is 5.10. The number of esters is 1. The summed E-state index contributed by atoms with van der Waals surface area (Å²) in [7, 11) is 1.63. The lowest BCUT2D eigenvalue weighted by Gasteiger charge is -2.35. The van der Waals surface area contributed by atoms with E-state index in [4.69, 9.17) is 4.74 Å². The van der Waals surface area contributed by atoms with Crippen LogP contribution in [0.1, 0.15) is 34.5 Å². The van der Waals surface area contributed by atoms with Crippen LogP contribution in [-0.2, 0) is 10.9 Å². The summed E-state index contributed by atoms with van der Waals surface area (Å²) in [6.07, 6.45) is -4.52. The third kappa shape index (κ3) is 3.35. The summed E-state index contributed by atoms with van der Waals surface area (Å²) in [4.78, 5) is 27.4. The Morgan fingerprint density at radius 1 is 1.22 bits per heavy atom. The van der Waals surface area contributed by atoms with Crippen molar-refractivity contribution in [3.05, 3.63) is 69.3 Å². The second-order valence-corrected chi connectivity index (χ2v) is 7.46. The van der Waals surface area contributed by atoms with Crippen LogP contribution in [0.25, 0.3) is 10.9 Å². The normalized spacial score (nSPS) is 15.8. The van der Waals surface area contributed by atoms with Gasteiger partial charge in [-0.25, -0.2) is 9.18 Å². The number of nitrogens with zero attached hydrogens (tertiary/aromatic N) is 2. The van der Waals surface area contributed by atoms with Gasteiger partial charge >= 0.3 is 12.1 Å². The zero-order chi connectivity index (χ0) is 23.4. The number of pyridine rings is 1. The summed E-state index contributed by atoms with van der Waals surface area (Å²) >= 11 is 0. The first-order chi connectivity index (χ1) is 15.0. The van der Waals surface area contributed by atoms with Gasteiger partial charge in [-0.2, -0.15) is 13.2 Å². The first-order valence-corrected chi connectivity index (χ1v) is 9.70. The number of aromatic hydroxyl groups is 1. The standard InChI is InChI=1S/C22H18F4N2O4/c1-3-32-21(31)17-19(29)14-8-13(23)9-15-18(14)28(20(17)30)16(10-27(15)2)11-4-6-12(7-5-11)22(24,25)26/h4-9,16,29H,3,10H2,1-2H3. The molecule has 1 aliphatic heterocycles. The van der Waals surface area contributed by atoms with Crippen LogP contribution in [-0.4, -0.2) is 35.8 Å². The van der Waals surface area contributed by atoms with Crippen LogP contribution < -0.4 is 10.5 Å². The monoisotopic (exact) mass is 450 g/mol. The van der Waals surface area contributed by atoms with Gasteiger partial charge in [0.2, 0.25) is 0 Å². The number of hydrogen-bond donors (Lipinski definition) is 1. The number of aromatic nitrogens is 1. The molecule has 0 saturated heterocycles. The summed E-state index contributed by atoms with van der Waals surface area (Å²) in [6, 6.07) is 5.70. The van der Waals surface area contributed by atoms with Crippen molar-refractivity contribution >= 4 is 22.6 Å². The quantitative estimate of drug-likeness (QED) is 0.481. The highest BCUT2D eigenvalue weighted by molar-refractivity contribution is 6.03. The molecule has 1 aromatic heterocycles. The van der Waals surface area contributed by atoms with Crippen molar-refractivity contribution in [1.29, 1.82) is 0 Å². The van der Waals surface area contributed by atoms with Crippen LogP contribution in [0.5, 0.6) is 5.75 Å². The van der Waals surface area contributed by atoms with Gasteiger partial charge < -0.3 is 14.7 Å². The third-order valence-electron chi connectivity index (χ3n) is 5.49. The summed E-state index contributed by atoms with van der Waals surface area (Å²) in [6.45, 7) is 1.58. The van der Waals surface area contributed by atoms with Gasteiger partial charge in [0, 0.05) is 19.0 Å². The Balaban J connectivity index is 2.03. The van der Waals surface area contributed by atoms with Gasteiger partial charge in [0.1, 0.15) is 11.6 Å². The predicted octanol–water partition coefficient (Wildman–Crippen LogP) is 4.08. The van der Waals surface area contributed by atoms with E-state index in [1.807, 2.05) is 0 Å². The van der Waals surface area contributed by atoms with Crippen molar-refractivity contribution in [3.8, 4) is 5.75 Å². The van der Waals surface area contributed by atoms with Crippen molar-refractivity contribution < 1.29 is 32.2 Å². The lowest BCUT2D eigenvalue weighted by Crippen LogP contribution is -2.40. The van der Waals surface area contributed by atoms with Crippen molar-refractivity contribution in [1.82, 2.24) is 4.57 Å². The lowest BCUT2D eigenvalue weighted by molar-refractivity contribution is -0.137. The van der Waals surface area contributed by atoms with Gasteiger partial charge in [-0.05, 0) is 36.8 Å². The number of ether oxygens (including phenoxy) is 1. The van der Waals surface area contributed by atoms with E-state index in [2.05, 4.69) is 0 Å². The van der Waals surface area contributed by atoms with E-state index in [1.54, 1.807) is 11.9 Å². The van der Waals surface area contributed by atoms with Crippen molar-refractivity contribution in [2.75, 3.05) is 25.1 Å².